The fourth-order valence-electron chi connectivity index (χ4n) is 1.98. The maximum Gasteiger partial charge on any atom is 0.187 e. The first-order valence-electron chi connectivity index (χ1n) is 5.96. The third kappa shape index (κ3) is 2.46. The number of hydrogen-bond donors (Lipinski definition) is 0. The molecule has 0 aliphatic carbocycles. The van der Waals surface area contributed by atoms with E-state index in [0.29, 0.717) is 10.8 Å². The minimum Gasteiger partial charge on any atom is -0.193 e. The molecule has 0 radical (unpaired) electrons. The third-order valence-corrected chi connectivity index (χ3v) is 3.72. The van der Waals surface area contributed by atoms with Crippen molar-refractivity contribution < 1.29 is 0 Å². The van der Waals surface area contributed by atoms with E-state index < -0.39 is 0 Å². The SMILES string of the molecule is Cc1cc(Cl)ccc1-n1nnnc1-c1ccc(Br)cc1. The van der Waals surface area contributed by atoms with Gasteiger partial charge in [-0.1, -0.05) is 39.7 Å². The van der Waals surface area contributed by atoms with Crippen LogP contribution in [0.3, 0.4) is 0 Å². The molecule has 0 spiro atoms. The highest BCUT2D eigenvalue weighted by Crippen LogP contribution is 2.24. The molecule has 6 heteroatoms. The molecule has 0 atom stereocenters. The van der Waals surface area contributed by atoms with Crippen molar-refractivity contribution in [2.45, 2.75) is 6.92 Å². The normalized spacial score (nSPS) is 10.8. The number of hydrogen-bond acceptors (Lipinski definition) is 3. The van der Waals surface area contributed by atoms with Crippen LogP contribution in [-0.2, 0) is 0 Å². The fourth-order valence-corrected chi connectivity index (χ4v) is 2.48. The molecule has 20 heavy (non-hydrogen) atoms. The van der Waals surface area contributed by atoms with Gasteiger partial charge in [-0.2, -0.15) is 4.68 Å². The Hall–Kier alpha value is -1.72. The first-order valence-corrected chi connectivity index (χ1v) is 7.13. The molecule has 1 heterocycles. The zero-order valence-electron chi connectivity index (χ0n) is 10.6. The Labute approximate surface area is 129 Å². The molecule has 0 saturated heterocycles. The Morgan fingerprint density at radius 3 is 2.55 bits per heavy atom. The maximum absolute atomic E-state index is 5.99. The van der Waals surface area contributed by atoms with Crippen LogP contribution in [0.2, 0.25) is 5.02 Å². The lowest BCUT2D eigenvalue weighted by molar-refractivity contribution is 0.787. The van der Waals surface area contributed by atoms with Crippen LogP contribution in [0.5, 0.6) is 0 Å². The van der Waals surface area contributed by atoms with Gasteiger partial charge in [0.15, 0.2) is 5.82 Å². The number of benzene rings is 2. The molecule has 100 valence electrons. The summed E-state index contributed by atoms with van der Waals surface area (Å²) in [6.45, 7) is 1.98. The van der Waals surface area contributed by atoms with Crippen molar-refractivity contribution >= 4 is 27.5 Å². The predicted octanol–water partition coefficient (Wildman–Crippen LogP) is 4.05. The van der Waals surface area contributed by atoms with Crippen LogP contribution in [0.4, 0.5) is 0 Å². The van der Waals surface area contributed by atoms with Crippen LogP contribution in [-0.4, -0.2) is 20.2 Å². The van der Waals surface area contributed by atoms with E-state index in [1.54, 1.807) is 4.68 Å². The summed E-state index contributed by atoms with van der Waals surface area (Å²) in [5.41, 5.74) is 2.88. The van der Waals surface area contributed by atoms with Gasteiger partial charge in [0, 0.05) is 15.1 Å². The summed E-state index contributed by atoms with van der Waals surface area (Å²) in [6.07, 6.45) is 0. The Morgan fingerprint density at radius 1 is 1.10 bits per heavy atom. The van der Waals surface area contributed by atoms with Crippen LogP contribution in [0.25, 0.3) is 17.1 Å². The first-order chi connectivity index (χ1) is 9.65. The topological polar surface area (TPSA) is 43.6 Å². The minimum absolute atomic E-state index is 0.697. The number of halogens is 2. The van der Waals surface area contributed by atoms with E-state index in [1.807, 2.05) is 49.4 Å². The van der Waals surface area contributed by atoms with Gasteiger partial charge < -0.3 is 0 Å². The Bertz CT molecular complexity index is 752. The van der Waals surface area contributed by atoms with Crippen molar-refractivity contribution in [1.29, 1.82) is 0 Å². The Balaban J connectivity index is 2.12. The Kier molecular flexibility index (Phi) is 3.54. The second-order valence-corrected chi connectivity index (χ2v) is 5.70. The highest BCUT2D eigenvalue weighted by atomic mass is 79.9. The minimum atomic E-state index is 0.697. The summed E-state index contributed by atoms with van der Waals surface area (Å²) in [7, 11) is 0. The number of rotatable bonds is 2. The highest BCUT2D eigenvalue weighted by molar-refractivity contribution is 9.10. The second kappa shape index (κ2) is 5.34. The zero-order valence-corrected chi connectivity index (χ0v) is 12.9. The number of aryl methyl sites for hydroxylation is 1. The molecule has 0 bridgehead atoms. The number of aromatic nitrogens is 4. The van der Waals surface area contributed by atoms with E-state index in [2.05, 4.69) is 31.5 Å². The summed E-state index contributed by atoms with van der Waals surface area (Å²) in [5, 5.41) is 12.7. The maximum atomic E-state index is 5.99. The molecule has 0 N–H and O–H groups in total. The number of nitrogens with zero attached hydrogens (tertiary/aromatic N) is 4. The summed E-state index contributed by atoms with van der Waals surface area (Å²) in [6, 6.07) is 13.5. The molecule has 0 aliphatic heterocycles. The molecule has 4 nitrogen and oxygen atoms in total. The van der Waals surface area contributed by atoms with E-state index in [0.717, 1.165) is 21.3 Å². The van der Waals surface area contributed by atoms with E-state index >= 15 is 0 Å². The molecule has 3 rings (SSSR count). The average Bonchev–Trinajstić information content (AvgIpc) is 2.88. The summed E-state index contributed by atoms with van der Waals surface area (Å²) in [4.78, 5) is 0. The van der Waals surface area contributed by atoms with E-state index in [-0.39, 0.29) is 0 Å². The molecule has 3 aromatic rings. The largest absolute Gasteiger partial charge is 0.193 e. The van der Waals surface area contributed by atoms with Crippen LogP contribution >= 0.6 is 27.5 Å². The number of tetrazole rings is 1. The molecule has 0 aliphatic rings. The van der Waals surface area contributed by atoms with Gasteiger partial charge >= 0.3 is 0 Å². The first kappa shape index (κ1) is 13.3. The summed E-state index contributed by atoms with van der Waals surface area (Å²) in [5.74, 6) is 0.697. The lowest BCUT2D eigenvalue weighted by atomic mass is 10.2. The smallest absolute Gasteiger partial charge is 0.187 e. The van der Waals surface area contributed by atoms with Gasteiger partial charge in [0.2, 0.25) is 0 Å². The van der Waals surface area contributed by atoms with Crippen LogP contribution in [0, 0.1) is 6.92 Å². The van der Waals surface area contributed by atoms with Crippen LogP contribution < -0.4 is 0 Å². The highest BCUT2D eigenvalue weighted by Gasteiger charge is 2.12. The van der Waals surface area contributed by atoms with E-state index in [9.17, 15) is 0 Å². The van der Waals surface area contributed by atoms with Crippen LogP contribution in [0.1, 0.15) is 5.56 Å². The third-order valence-electron chi connectivity index (χ3n) is 2.96. The predicted molar refractivity (Wildman–Crippen MR) is 82.0 cm³/mol. The van der Waals surface area contributed by atoms with Crippen LogP contribution in [0.15, 0.2) is 46.9 Å². The summed E-state index contributed by atoms with van der Waals surface area (Å²) < 4.78 is 2.73. The van der Waals surface area contributed by atoms with E-state index in [4.69, 9.17) is 11.6 Å². The van der Waals surface area contributed by atoms with Gasteiger partial charge in [-0.15, -0.1) is 5.10 Å². The van der Waals surface area contributed by atoms with E-state index in [1.165, 1.54) is 0 Å². The lowest BCUT2D eigenvalue weighted by Gasteiger charge is -2.08. The molecular formula is C14H10BrClN4. The van der Waals surface area contributed by atoms with Gasteiger partial charge in [0.1, 0.15) is 0 Å². The Morgan fingerprint density at radius 2 is 1.85 bits per heavy atom. The van der Waals surface area contributed by atoms with Gasteiger partial charge in [-0.25, -0.2) is 0 Å². The molecule has 2 aromatic carbocycles. The van der Waals surface area contributed by atoms with Gasteiger partial charge in [0.25, 0.3) is 0 Å². The van der Waals surface area contributed by atoms with Crippen molar-refractivity contribution in [2.75, 3.05) is 0 Å². The van der Waals surface area contributed by atoms with Crippen molar-refractivity contribution in [3.63, 3.8) is 0 Å². The fraction of sp³-hybridized carbons (Fsp3) is 0.0714. The monoisotopic (exact) mass is 348 g/mol. The molecule has 0 fully saturated rings. The van der Waals surface area contributed by atoms with Crippen molar-refractivity contribution in [3.05, 3.63) is 57.5 Å². The molecule has 0 amide bonds. The quantitative estimate of drug-likeness (QED) is 0.701. The van der Waals surface area contributed by atoms with Crippen molar-refractivity contribution in [2.24, 2.45) is 0 Å². The molecule has 0 saturated carbocycles. The van der Waals surface area contributed by atoms with Gasteiger partial charge in [-0.05, 0) is 53.2 Å². The molecule has 0 unspecified atom stereocenters. The summed E-state index contributed by atoms with van der Waals surface area (Å²) >= 11 is 9.41. The lowest BCUT2D eigenvalue weighted by Crippen LogP contribution is -2.02. The zero-order chi connectivity index (χ0) is 14.1. The second-order valence-electron chi connectivity index (χ2n) is 4.35. The average molecular weight is 350 g/mol. The molecule has 1 aromatic heterocycles. The van der Waals surface area contributed by atoms with Gasteiger partial charge in [0.05, 0.1) is 5.69 Å². The standard InChI is InChI=1S/C14H10BrClN4/c1-9-8-12(16)6-7-13(9)20-14(17-18-19-20)10-2-4-11(15)5-3-10/h2-8H,1H3. The van der Waals surface area contributed by atoms with Crippen molar-refractivity contribution in [1.82, 2.24) is 20.2 Å². The molecular weight excluding hydrogens is 340 g/mol. The van der Waals surface area contributed by atoms with Gasteiger partial charge in [-0.3, -0.25) is 0 Å². The van der Waals surface area contributed by atoms with Crippen molar-refractivity contribution in [3.8, 4) is 17.1 Å².